The zero-order valence-corrected chi connectivity index (χ0v) is 13.4. The van der Waals surface area contributed by atoms with Gasteiger partial charge in [0.25, 0.3) is 0 Å². The van der Waals surface area contributed by atoms with Crippen molar-refractivity contribution in [2.75, 3.05) is 25.1 Å². The van der Waals surface area contributed by atoms with Gasteiger partial charge in [-0.05, 0) is 30.4 Å². The maximum absolute atomic E-state index is 11.8. The lowest BCUT2D eigenvalue weighted by Gasteiger charge is -2.21. The summed E-state index contributed by atoms with van der Waals surface area (Å²) in [6, 6.07) is 6.96. The molecule has 0 atom stereocenters. The fraction of sp³-hybridized carbons (Fsp3) is 0.471. The van der Waals surface area contributed by atoms with E-state index in [1.165, 1.54) is 0 Å². The zero-order valence-electron chi connectivity index (χ0n) is 13.4. The summed E-state index contributed by atoms with van der Waals surface area (Å²) >= 11 is 0. The van der Waals surface area contributed by atoms with E-state index in [2.05, 4.69) is 17.2 Å². The number of amides is 2. The van der Waals surface area contributed by atoms with E-state index in [0.29, 0.717) is 24.6 Å². The van der Waals surface area contributed by atoms with Crippen molar-refractivity contribution in [1.82, 2.24) is 5.32 Å². The minimum absolute atomic E-state index is 0.102. The van der Waals surface area contributed by atoms with Crippen molar-refractivity contribution in [1.29, 1.82) is 0 Å². The average molecular weight is 306 g/mol. The SMILES string of the molecule is C=CCOc1cccc(NC(=O)NCCCC(C)(C)CO)c1. The number of urea groups is 1. The average Bonchev–Trinajstić information content (AvgIpc) is 2.50. The first-order valence-corrected chi connectivity index (χ1v) is 7.46. The largest absolute Gasteiger partial charge is 0.489 e. The molecular weight excluding hydrogens is 280 g/mol. The molecule has 1 rings (SSSR count). The molecule has 22 heavy (non-hydrogen) atoms. The number of rotatable bonds is 9. The Hall–Kier alpha value is -2.01. The molecule has 5 nitrogen and oxygen atoms in total. The van der Waals surface area contributed by atoms with Gasteiger partial charge in [-0.3, -0.25) is 0 Å². The minimum atomic E-state index is -0.248. The second-order valence-electron chi connectivity index (χ2n) is 5.93. The van der Waals surface area contributed by atoms with Crippen LogP contribution in [0.5, 0.6) is 5.75 Å². The van der Waals surface area contributed by atoms with E-state index in [4.69, 9.17) is 9.84 Å². The summed E-state index contributed by atoms with van der Waals surface area (Å²) in [5, 5.41) is 14.7. The zero-order chi connectivity index (χ0) is 16.4. The summed E-state index contributed by atoms with van der Waals surface area (Å²) in [7, 11) is 0. The topological polar surface area (TPSA) is 70.6 Å². The quantitative estimate of drug-likeness (QED) is 0.485. The molecule has 1 aromatic carbocycles. The summed E-state index contributed by atoms with van der Waals surface area (Å²) in [4.78, 5) is 11.8. The molecule has 1 aromatic rings. The highest BCUT2D eigenvalue weighted by atomic mass is 16.5. The first-order valence-electron chi connectivity index (χ1n) is 7.46. The van der Waals surface area contributed by atoms with E-state index in [1.807, 2.05) is 26.0 Å². The van der Waals surface area contributed by atoms with Gasteiger partial charge in [0, 0.05) is 24.9 Å². The van der Waals surface area contributed by atoms with Crippen LogP contribution in [0.25, 0.3) is 0 Å². The van der Waals surface area contributed by atoms with Crippen LogP contribution in [0.1, 0.15) is 26.7 Å². The number of aliphatic hydroxyl groups excluding tert-OH is 1. The Labute approximate surface area is 132 Å². The number of nitrogens with one attached hydrogen (secondary N) is 2. The molecule has 0 aliphatic carbocycles. The first kappa shape index (κ1) is 18.0. The first-order chi connectivity index (χ1) is 10.5. The van der Waals surface area contributed by atoms with E-state index >= 15 is 0 Å². The van der Waals surface area contributed by atoms with E-state index in [0.717, 1.165) is 12.8 Å². The lowest BCUT2D eigenvalue weighted by Crippen LogP contribution is -2.30. The summed E-state index contributed by atoms with van der Waals surface area (Å²) in [5.41, 5.74) is 0.573. The highest BCUT2D eigenvalue weighted by molar-refractivity contribution is 5.89. The molecule has 0 aliphatic rings. The van der Waals surface area contributed by atoms with Gasteiger partial charge in [0.1, 0.15) is 12.4 Å². The Kier molecular flexibility index (Phi) is 7.46. The van der Waals surface area contributed by atoms with Gasteiger partial charge in [-0.2, -0.15) is 0 Å². The molecule has 3 N–H and O–H groups in total. The van der Waals surface area contributed by atoms with Gasteiger partial charge in [0.2, 0.25) is 0 Å². The summed E-state index contributed by atoms with van der Waals surface area (Å²) in [6.07, 6.45) is 3.35. The van der Waals surface area contributed by atoms with Gasteiger partial charge in [0.15, 0.2) is 0 Å². The van der Waals surface area contributed by atoms with Crippen LogP contribution < -0.4 is 15.4 Å². The Bertz CT molecular complexity index is 487. The second-order valence-corrected chi connectivity index (χ2v) is 5.93. The normalized spacial score (nSPS) is 10.9. The van der Waals surface area contributed by atoms with Crippen LogP contribution in [0, 0.1) is 5.41 Å². The molecule has 2 amide bonds. The molecule has 0 aromatic heterocycles. The van der Waals surface area contributed by atoms with Gasteiger partial charge in [0.05, 0.1) is 0 Å². The van der Waals surface area contributed by atoms with Crippen molar-refractivity contribution in [3.05, 3.63) is 36.9 Å². The van der Waals surface area contributed by atoms with Gasteiger partial charge in [-0.15, -0.1) is 0 Å². The maximum atomic E-state index is 11.8. The molecule has 122 valence electrons. The second kappa shape index (κ2) is 9.10. The van der Waals surface area contributed by atoms with Crippen molar-refractivity contribution in [2.45, 2.75) is 26.7 Å². The maximum Gasteiger partial charge on any atom is 0.319 e. The van der Waals surface area contributed by atoms with E-state index in [-0.39, 0.29) is 18.1 Å². The summed E-state index contributed by atoms with van der Waals surface area (Å²) in [6.45, 7) is 8.74. The number of carbonyl (C=O) groups excluding carboxylic acids is 1. The number of benzene rings is 1. The van der Waals surface area contributed by atoms with Gasteiger partial charge in [-0.25, -0.2) is 4.79 Å². The number of ether oxygens (including phenoxy) is 1. The Morgan fingerprint density at radius 3 is 2.91 bits per heavy atom. The highest BCUT2D eigenvalue weighted by Crippen LogP contribution is 2.20. The number of hydrogen-bond acceptors (Lipinski definition) is 3. The lowest BCUT2D eigenvalue weighted by molar-refractivity contribution is 0.148. The molecule has 0 bridgehead atoms. The summed E-state index contributed by atoms with van der Waals surface area (Å²) in [5.74, 6) is 0.683. The third-order valence-electron chi connectivity index (χ3n) is 3.20. The molecule has 0 heterocycles. The van der Waals surface area contributed by atoms with Crippen molar-refractivity contribution < 1.29 is 14.6 Å². The molecule has 0 unspecified atom stereocenters. The van der Waals surface area contributed by atoms with Crippen molar-refractivity contribution in [2.24, 2.45) is 5.41 Å². The monoisotopic (exact) mass is 306 g/mol. The molecule has 5 heteroatoms. The van der Waals surface area contributed by atoms with Gasteiger partial charge < -0.3 is 20.5 Å². The molecule has 0 spiro atoms. The number of hydrogen-bond donors (Lipinski definition) is 3. The van der Waals surface area contributed by atoms with Crippen LogP contribution in [0.3, 0.4) is 0 Å². The van der Waals surface area contributed by atoms with Crippen molar-refractivity contribution in [3.63, 3.8) is 0 Å². The summed E-state index contributed by atoms with van der Waals surface area (Å²) < 4.78 is 5.41. The molecule has 0 radical (unpaired) electrons. The fourth-order valence-corrected chi connectivity index (χ4v) is 1.84. The third kappa shape index (κ3) is 7.13. The highest BCUT2D eigenvalue weighted by Gasteiger charge is 2.15. The van der Waals surface area contributed by atoms with Gasteiger partial charge in [-0.1, -0.05) is 32.6 Å². The molecule has 0 aliphatic heterocycles. The number of carbonyl (C=O) groups is 1. The van der Waals surface area contributed by atoms with Crippen molar-refractivity contribution in [3.8, 4) is 5.75 Å². The van der Waals surface area contributed by atoms with E-state index in [9.17, 15) is 4.79 Å². The van der Waals surface area contributed by atoms with E-state index in [1.54, 1.807) is 18.2 Å². The molecule has 0 fully saturated rings. The molecular formula is C17H26N2O3. The van der Waals surface area contributed by atoms with Crippen LogP contribution in [0.2, 0.25) is 0 Å². The van der Waals surface area contributed by atoms with E-state index < -0.39 is 0 Å². The Morgan fingerprint density at radius 1 is 1.45 bits per heavy atom. The fourth-order valence-electron chi connectivity index (χ4n) is 1.84. The molecule has 0 saturated carbocycles. The molecule has 0 saturated heterocycles. The third-order valence-corrected chi connectivity index (χ3v) is 3.20. The predicted molar refractivity (Wildman–Crippen MR) is 89.3 cm³/mol. The van der Waals surface area contributed by atoms with Crippen molar-refractivity contribution >= 4 is 11.7 Å². The van der Waals surface area contributed by atoms with Crippen LogP contribution in [-0.4, -0.2) is 30.9 Å². The van der Waals surface area contributed by atoms with Crippen LogP contribution >= 0.6 is 0 Å². The van der Waals surface area contributed by atoms with Crippen LogP contribution in [0.4, 0.5) is 10.5 Å². The predicted octanol–water partition coefficient (Wildman–Crippen LogP) is 3.17. The lowest BCUT2D eigenvalue weighted by atomic mass is 9.89. The van der Waals surface area contributed by atoms with Gasteiger partial charge >= 0.3 is 6.03 Å². The number of anilines is 1. The van der Waals surface area contributed by atoms with Crippen LogP contribution in [-0.2, 0) is 0 Å². The smallest absolute Gasteiger partial charge is 0.319 e. The van der Waals surface area contributed by atoms with Crippen LogP contribution in [0.15, 0.2) is 36.9 Å². The Morgan fingerprint density at radius 2 is 2.23 bits per heavy atom. The Balaban J connectivity index is 2.34. The number of aliphatic hydroxyl groups is 1. The minimum Gasteiger partial charge on any atom is -0.489 e. The standard InChI is InChI=1S/C17H26N2O3/c1-4-11-22-15-8-5-7-14(12-15)19-16(21)18-10-6-9-17(2,3)13-20/h4-5,7-8,12,20H,1,6,9-11,13H2,2-3H3,(H2,18,19,21).